The Hall–Kier alpha value is -2.92. The van der Waals surface area contributed by atoms with E-state index in [0.717, 1.165) is 16.5 Å². The van der Waals surface area contributed by atoms with E-state index in [4.69, 9.17) is 0 Å². The molecule has 0 spiro atoms. The topological polar surface area (TPSA) is 59.5 Å². The highest BCUT2D eigenvalue weighted by Gasteiger charge is 2.11. The van der Waals surface area contributed by atoms with Crippen molar-refractivity contribution in [3.8, 4) is 5.69 Å². The van der Waals surface area contributed by atoms with Crippen LogP contribution >= 0.6 is 0 Å². The molecule has 0 fully saturated rings. The molecule has 4 rings (SSSR count). The molecule has 0 radical (unpaired) electrons. The first-order valence-corrected chi connectivity index (χ1v) is 6.97. The lowest BCUT2D eigenvalue weighted by Crippen LogP contribution is -2.20. The zero-order chi connectivity index (χ0) is 15.1. The van der Waals surface area contributed by atoms with Crippen LogP contribution in [0.25, 0.3) is 22.2 Å². The molecule has 0 aliphatic rings. The van der Waals surface area contributed by atoms with Gasteiger partial charge in [-0.3, -0.25) is 0 Å². The zero-order valence-corrected chi connectivity index (χ0v) is 11.7. The number of hydrogen-bond acceptors (Lipinski definition) is 3. The van der Waals surface area contributed by atoms with Crippen molar-refractivity contribution in [2.24, 2.45) is 0 Å². The third-order valence-corrected chi connectivity index (χ3v) is 3.73. The van der Waals surface area contributed by atoms with Gasteiger partial charge in [-0.1, -0.05) is 30.3 Å². The lowest BCUT2D eigenvalue weighted by molar-refractivity contribution is 0.282. The summed E-state index contributed by atoms with van der Waals surface area (Å²) in [5.41, 5.74) is 2.59. The summed E-state index contributed by atoms with van der Waals surface area (Å²) in [7, 11) is 0. The summed E-state index contributed by atoms with van der Waals surface area (Å²) in [5.74, 6) is 0. The second-order valence-electron chi connectivity index (χ2n) is 5.11. The van der Waals surface area contributed by atoms with Crippen LogP contribution in [0.3, 0.4) is 0 Å². The van der Waals surface area contributed by atoms with E-state index in [1.807, 2.05) is 36.4 Å². The van der Waals surface area contributed by atoms with Crippen molar-refractivity contribution in [3.05, 3.63) is 76.7 Å². The maximum Gasteiger partial charge on any atom is 0.355 e. The second-order valence-corrected chi connectivity index (χ2v) is 5.11. The van der Waals surface area contributed by atoms with Gasteiger partial charge in [0.1, 0.15) is 0 Å². The SMILES string of the molecule is O=c1n(-c2cccc(CO)c2)nc2ccc3ccccc3n12. The van der Waals surface area contributed by atoms with Gasteiger partial charge in [0.25, 0.3) is 0 Å². The first kappa shape index (κ1) is 12.8. The van der Waals surface area contributed by atoms with E-state index in [0.29, 0.717) is 11.3 Å². The van der Waals surface area contributed by atoms with E-state index in [1.165, 1.54) is 4.68 Å². The molecule has 1 N–H and O–H groups in total. The lowest BCUT2D eigenvalue weighted by atomic mass is 10.2. The Kier molecular flexibility index (Phi) is 2.80. The minimum absolute atomic E-state index is 0.0705. The average Bonchev–Trinajstić information content (AvgIpc) is 2.92. The predicted molar refractivity (Wildman–Crippen MR) is 84.2 cm³/mol. The van der Waals surface area contributed by atoms with E-state index in [-0.39, 0.29) is 12.3 Å². The summed E-state index contributed by atoms with van der Waals surface area (Å²) in [6, 6.07) is 18.7. The highest BCUT2D eigenvalue weighted by molar-refractivity contribution is 5.81. The zero-order valence-electron chi connectivity index (χ0n) is 11.7. The fraction of sp³-hybridized carbons (Fsp3) is 0.0588. The van der Waals surface area contributed by atoms with Crippen LogP contribution in [-0.2, 0) is 6.61 Å². The normalized spacial score (nSPS) is 11.3. The first-order chi connectivity index (χ1) is 10.8. The van der Waals surface area contributed by atoms with Gasteiger partial charge < -0.3 is 5.11 Å². The van der Waals surface area contributed by atoms with Gasteiger partial charge in [0, 0.05) is 0 Å². The van der Waals surface area contributed by atoms with Crippen molar-refractivity contribution in [2.45, 2.75) is 6.61 Å². The number of fused-ring (bicyclic) bond motifs is 3. The third kappa shape index (κ3) is 1.83. The number of hydrogen-bond donors (Lipinski definition) is 1. The Bertz CT molecular complexity index is 1050. The molecule has 0 saturated carbocycles. The van der Waals surface area contributed by atoms with Crippen LogP contribution in [0.2, 0.25) is 0 Å². The van der Waals surface area contributed by atoms with Crippen molar-refractivity contribution in [2.75, 3.05) is 0 Å². The first-order valence-electron chi connectivity index (χ1n) is 6.97. The highest BCUT2D eigenvalue weighted by Crippen LogP contribution is 2.15. The quantitative estimate of drug-likeness (QED) is 0.615. The largest absolute Gasteiger partial charge is 0.392 e. The Morgan fingerprint density at radius 1 is 1.00 bits per heavy atom. The van der Waals surface area contributed by atoms with Crippen molar-refractivity contribution in [1.82, 2.24) is 14.2 Å². The highest BCUT2D eigenvalue weighted by atomic mass is 16.3. The van der Waals surface area contributed by atoms with E-state index >= 15 is 0 Å². The monoisotopic (exact) mass is 291 g/mol. The van der Waals surface area contributed by atoms with Gasteiger partial charge in [-0.05, 0) is 41.3 Å². The molecule has 0 atom stereocenters. The smallest absolute Gasteiger partial charge is 0.355 e. The van der Waals surface area contributed by atoms with Crippen LogP contribution in [0.4, 0.5) is 0 Å². The van der Waals surface area contributed by atoms with Gasteiger partial charge in [-0.25, -0.2) is 9.20 Å². The molecule has 22 heavy (non-hydrogen) atoms. The van der Waals surface area contributed by atoms with Gasteiger partial charge in [0.05, 0.1) is 17.8 Å². The van der Waals surface area contributed by atoms with E-state index in [1.54, 1.807) is 28.7 Å². The van der Waals surface area contributed by atoms with Gasteiger partial charge >= 0.3 is 5.69 Å². The van der Waals surface area contributed by atoms with Crippen molar-refractivity contribution < 1.29 is 5.11 Å². The maximum absolute atomic E-state index is 12.7. The summed E-state index contributed by atoms with van der Waals surface area (Å²) in [5, 5.41) is 14.6. The fourth-order valence-electron chi connectivity index (χ4n) is 2.67. The molecular formula is C17H13N3O2. The number of rotatable bonds is 2. The Morgan fingerprint density at radius 3 is 2.73 bits per heavy atom. The Balaban J connectivity index is 2.06. The summed E-state index contributed by atoms with van der Waals surface area (Å²) in [4.78, 5) is 12.7. The number of aliphatic hydroxyl groups excluding tert-OH is 1. The van der Waals surface area contributed by atoms with E-state index < -0.39 is 0 Å². The number of pyridine rings is 1. The van der Waals surface area contributed by atoms with Crippen LogP contribution in [0.5, 0.6) is 0 Å². The Labute approximate surface area is 125 Å². The molecule has 5 heteroatoms. The van der Waals surface area contributed by atoms with Crippen LogP contribution in [0.1, 0.15) is 5.56 Å². The predicted octanol–water partition coefficient (Wildman–Crippen LogP) is 2.13. The molecular weight excluding hydrogens is 278 g/mol. The van der Waals surface area contributed by atoms with Gasteiger partial charge in [-0.15, -0.1) is 5.10 Å². The average molecular weight is 291 g/mol. The fourth-order valence-corrected chi connectivity index (χ4v) is 2.67. The van der Waals surface area contributed by atoms with Crippen LogP contribution in [0.15, 0.2) is 65.5 Å². The van der Waals surface area contributed by atoms with Crippen LogP contribution in [0, 0.1) is 0 Å². The minimum Gasteiger partial charge on any atom is -0.392 e. The summed E-state index contributed by atoms with van der Waals surface area (Å²) in [6.07, 6.45) is 0. The number of aromatic nitrogens is 3. The minimum atomic E-state index is -0.220. The second kappa shape index (κ2) is 4.82. The molecule has 0 aliphatic heterocycles. The third-order valence-electron chi connectivity index (χ3n) is 3.73. The van der Waals surface area contributed by atoms with Crippen LogP contribution in [-0.4, -0.2) is 19.3 Å². The molecule has 0 unspecified atom stereocenters. The molecule has 108 valence electrons. The number of nitrogens with zero attached hydrogens (tertiary/aromatic N) is 3. The number of para-hydroxylation sites is 1. The molecule has 5 nitrogen and oxygen atoms in total. The number of aliphatic hydroxyl groups is 1. The summed E-state index contributed by atoms with van der Waals surface area (Å²) < 4.78 is 2.96. The molecule has 2 aromatic carbocycles. The standard InChI is InChI=1S/C17H13N3O2/c21-11-12-4-3-6-14(10-12)20-17(22)19-15-7-2-1-5-13(15)8-9-16(19)18-20/h1-10,21H,11H2. The molecule has 0 saturated heterocycles. The van der Waals surface area contributed by atoms with E-state index in [2.05, 4.69) is 5.10 Å². The summed E-state index contributed by atoms with van der Waals surface area (Å²) >= 11 is 0. The van der Waals surface area contributed by atoms with E-state index in [9.17, 15) is 9.90 Å². The van der Waals surface area contributed by atoms with Crippen molar-refractivity contribution in [3.63, 3.8) is 0 Å². The lowest BCUT2D eigenvalue weighted by Gasteiger charge is -2.01. The molecule has 0 aliphatic carbocycles. The Morgan fingerprint density at radius 2 is 1.86 bits per heavy atom. The van der Waals surface area contributed by atoms with Gasteiger partial charge in [-0.2, -0.15) is 4.68 Å². The van der Waals surface area contributed by atoms with Gasteiger partial charge in [0.15, 0.2) is 5.65 Å². The molecule has 4 aromatic rings. The molecule has 0 amide bonds. The molecule has 2 heterocycles. The van der Waals surface area contributed by atoms with Gasteiger partial charge in [0.2, 0.25) is 0 Å². The van der Waals surface area contributed by atoms with Crippen LogP contribution < -0.4 is 5.69 Å². The maximum atomic E-state index is 12.7. The van der Waals surface area contributed by atoms with Crippen molar-refractivity contribution in [1.29, 1.82) is 0 Å². The molecule has 2 aromatic heterocycles. The number of benzene rings is 2. The summed E-state index contributed by atoms with van der Waals surface area (Å²) in [6.45, 7) is -0.0705. The van der Waals surface area contributed by atoms with Crippen molar-refractivity contribution >= 4 is 16.6 Å². The molecule has 0 bridgehead atoms.